The van der Waals surface area contributed by atoms with Crippen LogP contribution in [0.1, 0.15) is 12.5 Å². The number of aromatic nitrogens is 4. The predicted octanol–water partition coefficient (Wildman–Crippen LogP) is 3.09. The summed E-state index contributed by atoms with van der Waals surface area (Å²) in [4.78, 5) is 35.3. The van der Waals surface area contributed by atoms with Crippen molar-refractivity contribution < 1.29 is 9.18 Å². The maximum Gasteiger partial charge on any atom is 0.350 e. The first-order valence-corrected chi connectivity index (χ1v) is 12.3. The van der Waals surface area contributed by atoms with Crippen molar-refractivity contribution in [2.75, 3.05) is 31.1 Å². The van der Waals surface area contributed by atoms with Gasteiger partial charge in [-0.15, -0.1) is 5.10 Å². The fraction of sp³-hybridized carbons (Fsp3) is 0.280. The van der Waals surface area contributed by atoms with E-state index in [9.17, 15) is 14.0 Å². The van der Waals surface area contributed by atoms with E-state index in [1.54, 1.807) is 29.4 Å². The number of hydrogen-bond donors (Lipinski definition) is 0. The van der Waals surface area contributed by atoms with Crippen molar-refractivity contribution in [2.24, 2.45) is 0 Å². The predicted molar refractivity (Wildman–Crippen MR) is 132 cm³/mol. The zero-order valence-corrected chi connectivity index (χ0v) is 20.1. The van der Waals surface area contributed by atoms with E-state index in [1.807, 2.05) is 18.2 Å². The minimum atomic E-state index is -0.369. The number of carbonyl (C=O) groups excluding carboxylic acids is 1. The maximum atomic E-state index is 13.2. The Morgan fingerprint density at radius 1 is 1.06 bits per heavy atom. The van der Waals surface area contributed by atoms with Crippen molar-refractivity contribution in [3.63, 3.8) is 0 Å². The molecule has 2 aromatic carbocycles. The number of rotatable bonds is 6. The molecule has 1 saturated heterocycles. The molecule has 0 atom stereocenters. The molecule has 10 heteroatoms. The average molecular weight is 493 g/mol. The first kappa shape index (κ1) is 23.1. The van der Waals surface area contributed by atoms with Gasteiger partial charge in [-0.3, -0.25) is 4.79 Å². The minimum Gasteiger partial charge on any atom is -0.368 e. The van der Waals surface area contributed by atoms with Gasteiger partial charge in [-0.05, 0) is 42.3 Å². The van der Waals surface area contributed by atoms with Gasteiger partial charge in [0.25, 0.3) is 0 Å². The number of halogens is 1. The Labute approximate surface area is 206 Å². The minimum absolute atomic E-state index is 0.132. The summed E-state index contributed by atoms with van der Waals surface area (Å²) in [5.41, 5.74) is 2.18. The lowest BCUT2D eigenvalue weighted by molar-refractivity contribution is -0.132. The van der Waals surface area contributed by atoms with E-state index in [-0.39, 0.29) is 24.0 Å². The van der Waals surface area contributed by atoms with Gasteiger partial charge < -0.3 is 9.80 Å². The van der Waals surface area contributed by atoms with Gasteiger partial charge in [-0.2, -0.15) is 0 Å². The first-order chi connectivity index (χ1) is 17.0. The van der Waals surface area contributed by atoms with E-state index in [2.05, 4.69) is 28.0 Å². The fourth-order valence-electron chi connectivity index (χ4n) is 4.19. The Kier molecular flexibility index (Phi) is 6.54. The number of carbonyl (C=O) groups is 1. The van der Waals surface area contributed by atoms with Gasteiger partial charge in [0.2, 0.25) is 5.91 Å². The van der Waals surface area contributed by atoms with Crippen LogP contribution in [0.2, 0.25) is 0 Å². The van der Waals surface area contributed by atoms with Crippen molar-refractivity contribution in [1.82, 2.24) is 24.1 Å². The molecule has 1 aliphatic heterocycles. The molecular formula is C25H25FN6O2S. The normalized spacial score (nSPS) is 14.0. The summed E-state index contributed by atoms with van der Waals surface area (Å²) in [5, 5.41) is 5.08. The molecule has 0 radical (unpaired) electrons. The number of piperazine rings is 1. The van der Waals surface area contributed by atoms with Crippen LogP contribution in [-0.4, -0.2) is 56.2 Å². The Hall–Kier alpha value is -3.66. The summed E-state index contributed by atoms with van der Waals surface area (Å²) in [6.07, 6.45) is 4.03. The van der Waals surface area contributed by atoms with E-state index in [1.165, 1.54) is 38.5 Å². The highest BCUT2D eigenvalue weighted by Crippen LogP contribution is 2.31. The number of fused-ring (bicyclic) bond motifs is 1. The van der Waals surface area contributed by atoms with E-state index in [0.717, 1.165) is 17.0 Å². The van der Waals surface area contributed by atoms with E-state index < -0.39 is 0 Å². The van der Waals surface area contributed by atoms with Gasteiger partial charge in [0.05, 0.1) is 0 Å². The number of hydrogen-bond acceptors (Lipinski definition) is 6. The van der Waals surface area contributed by atoms with Gasteiger partial charge in [-0.1, -0.05) is 36.9 Å². The Morgan fingerprint density at radius 3 is 2.54 bits per heavy atom. The number of amides is 1. The number of nitrogens with zero attached hydrogens (tertiary/aromatic N) is 6. The highest BCUT2D eigenvalue weighted by molar-refractivity contribution is 7.99. The highest BCUT2D eigenvalue weighted by atomic mass is 32.2. The Balaban J connectivity index is 1.30. The van der Waals surface area contributed by atoms with Crippen molar-refractivity contribution >= 4 is 29.0 Å². The van der Waals surface area contributed by atoms with Crippen molar-refractivity contribution in [1.29, 1.82) is 0 Å². The molecule has 0 saturated carbocycles. The average Bonchev–Trinajstić information content (AvgIpc) is 3.21. The molecule has 1 aliphatic rings. The number of benzene rings is 2. The largest absolute Gasteiger partial charge is 0.368 e. The third-order valence-corrected chi connectivity index (χ3v) is 7.24. The van der Waals surface area contributed by atoms with Crippen LogP contribution in [0.5, 0.6) is 0 Å². The first-order valence-electron chi connectivity index (χ1n) is 11.5. The van der Waals surface area contributed by atoms with Crippen LogP contribution in [0.4, 0.5) is 10.1 Å². The molecule has 4 aromatic rings. The number of aryl methyl sites for hydroxylation is 1. The van der Waals surface area contributed by atoms with Crippen LogP contribution < -0.4 is 10.6 Å². The molecule has 5 rings (SSSR count). The summed E-state index contributed by atoms with van der Waals surface area (Å²) in [5.74, 6) is -0.431. The Bertz CT molecular complexity index is 1410. The molecule has 0 unspecified atom stereocenters. The SMILES string of the molecule is CCc1ccccc1Sc1nccn2c(=O)n(CC(=O)N3CCN(c4ccc(F)cc4)CC3)nc12. The van der Waals surface area contributed by atoms with E-state index in [0.29, 0.717) is 36.9 Å². The third kappa shape index (κ3) is 4.79. The molecule has 0 aliphatic carbocycles. The third-order valence-electron chi connectivity index (χ3n) is 6.14. The monoisotopic (exact) mass is 492 g/mol. The fourth-order valence-corrected chi connectivity index (χ4v) is 5.24. The Morgan fingerprint density at radius 2 is 1.80 bits per heavy atom. The van der Waals surface area contributed by atoms with Gasteiger partial charge in [0, 0.05) is 49.2 Å². The molecule has 1 fully saturated rings. The second-order valence-electron chi connectivity index (χ2n) is 8.27. The van der Waals surface area contributed by atoms with Crippen LogP contribution in [-0.2, 0) is 17.8 Å². The topological polar surface area (TPSA) is 75.7 Å². The molecule has 1 amide bonds. The lowest BCUT2D eigenvalue weighted by Crippen LogP contribution is -2.50. The number of anilines is 1. The molecule has 2 aromatic heterocycles. The zero-order valence-electron chi connectivity index (χ0n) is 19.3. The van der Waals surface area contributed by atoms with Crippen molar-refractivity contribution in [2.45, 2.75) is 29.8 Å². The standard InChI is InChI=1S/C25H25FN6O2S/c1-2-18-5-3-4-6-21(18)35-24-23-28-32(25(34)31(23)12-11-27-24)17-22(33)30-15-13-29(14-16-30)20-9-7-19(26)8-10-20/h3-12H,2,13-17H2,1H3. The van der Waals surface area contributed by atoms with Gasteiger partial charge in [0.15, 0.2) is 5.65 Å². The van der Waals surface area contributed by atoms with Crippen molar-refractivity contribution in [3.05, 3.63) is 82.8 Å². The smallest absolute Gasteiger partial charge is 0.350 e. The van der Waals surface area contributed by atoms with Crippen LogP contribution in [0.15, 0.2) is 75.6 Å². The summed E-state index contributed by atoms with van der Waals surface area (Å²) in [6.45, 7) is 4.28. The summed E-state index contributed by atoms with van der Waals surface area (Å²) in [7, 11) is 0. The van der Waals surface area contributed by atoms with Gasteiger partial charge >= 0.3 is 5.69 Å². The van der Waals surface area contributed by atoms with Crippen LogP contribution >= 0.6 is 11.8 Å². The van der Waals surface area contributed by atoms with Crippen LogP contribution in [0.3, 0.4) is 0 Å². The molecular weight excluding hydrogens is 467 g/mol. The van der Waals surface area contributed by atoms with Crippen LogP contribution in [0.25, 0.3) is 5.65 Å². The van der Waals surface area contributed by atoms with E-state index >= 15 is 0 Å². The van der Waals surface area contributed by atoms with Crippen molar-refractivity contribution in [3.8, 4) is 0 Å². The summed E-state index contributed by atoms with van der Waals surface area (Å²) in [6, 6.07) is 14.4. The quantitative estimate of drug-likeness (QED) is 0.412. The lowest BCUT2D eigenvalue weighted by Gasteiger charge is -2.36. The molecule has 35 heavy (non-hydrogen) atoms. The second kappa shape index (κ2) is 9.91. The lowest BCUT2D eigenvalue weighted by atomic mass is 10.2. The molecule has 0 N–H and O–H groups in total. The maximum absolute atomic E-state index is 13.2. The molecule has 0 bridgehead atoms. The zero-order chi connectivity index (χ0) is 24.4. The van der Waals surface area contributed by atoms with Crippen LogP contribution in [0, 0.1) is 5.82 Å². The molecule has 180 valence electrons. The summed E-state index contributed by atoms with van der Waals surface area (Å²) < 4.78 is 15.8. The summed E-state index contributed by atoms with van der Waals surface area (Å²) >= 11 is 1.47. The van der Waals surface area contributed by atoms with E-state index in [4.69, 9.17) is 0 Å². The molecule has 8 nitrogen and oxygen atoms in total. The second-order valence-corrected chi connectivity index (χ2v) is 9.30. The highest BCUT2D eigenvalue weighted by Gasteiger charge is 2.23. The molecule has 3 heterocycles. The van der Waals surface area contributed by atoms with Gasteiger partial charge in [-0.25, -0.2) is 23.3 Å². The van der Waals surface area contributed by atoms with Gasteiger partial charge in [0.1, 0.15) is 17.4 Å². The molecule has 0 spiro atoms.